The number of aryl methyl sites for hydroxylation is 1. The Kier molecular flexibility index (Phi) is 3.05. The molecule has 1 aliphatic rings. The molecule has 0 aliphatic carbocycles. The van der Waals surface area contributed by atoms with Gasteiger partial charge in [-0.25, -0.2) is 4.98 Å². The molecule has 0 radical (unpaired) electrons. The smallest absolute Gasteiger partial charge is 0.157 e. The van der Waals surface area contributed by atoms with Crippen molar-refractivity contribution in [1.82, 2.24) is 20.5 Å². The normalized spacial score (nSPS) is 26.8. The van der Waals surface area contributed by atoms with Gasteiger partial charge in [0.05, 0.1) is 0 Å². The molecule has 0 bridgehead atoms. The van der Waals surface area contributed by atoms with E-state index in [-0.39, 0.29) is 5.41 Å². The SMILES string of the molecule is CCCc1nc(C2(C)CCCNC2)n[nH]1. The quantitative estimate of drug-likeness (QED) is 0.789. The molecule has 1 aromatic heterocycles. The van der Waals surface area contributed by atoms with Crippen molar-refractivity contribution in [3.05, 3.63) is 11.6 Å². The van der Waals surface area contributed by atoms with E-state index in [2.05, 4.69) is 34.3 Å². The Labute approximate surface area is 90.9 Å². The van der Waals surface area contributed by atoms with E-state index in [1.54, 1.807) is 0 Å². The molecule has 1 atom stereocenters. The number of aromatic nitrogens is 3. The van der Waals surface area contributed by atoms with Crippen LogP contribution in [-0.4, -0.2) is 28.3 Å². The van der Waals surface area contributed by atoms with Crippen LogP contribution in [0.5, 0.6) is 0 Å². The lowest BCUT2D eigenvalue weighted by Crippen LogP contribution is -2.41. The molecule has 2 heterocycles. The van der Waals surface area contributed by atoms with E-state index in [1.807, 2.05) is 0 Å². The Balaban J connectivity index is 2.12. The first-order chi connectivity index (χ1) is 7.24. The lowest BCUT2D eigenvalue weighted by atomic mass is 9.82. The Bertz CT molecular complexity index is 312. The van der Waals surface area contributed by atoms with E-state index in [0.717, 1.165) is 37.6 Å². The molecule has 4 heteroatoms. The standard InChI is InChI=1S/C11H20N4/c1-3-5-9-13-10(15-14-9)11(2)6-4-7-12-8-11/h12H,3-8H2,1-2H3,(H,13,14,15). The fourth-order valence-corrected chi connectivity index (χ4v) is 2.16. The maximum Gasteiger partial charge on any atom is 0.157 e. The maximum atomic E-state index is 4.59. The van der Waals surface area contributed by atoms with E-state index >= 15 is 0 Å². The first-order valence-corrected chi connectivity index (χ1v) is 5.87. The minimum absolute atomic E-state index is 0.126. The molecule has 1 unspecified atom stereocenters. The van der Waals surface area contributed by atoms with Crippen molar-refractivity contribution in [2.24, 2.45) is 0 Å². The zero-order valence-corrected chi connectivity index (χ0v) is 9.64. The van der Waals surface area contributed by atoms with Crippen LogP contribution in [-0.2, 0) is 11.8 Å². The van der Waals surface area contributed by atoms with E-state index in [9.17, 15) is 0 Å². The Morgan fingerprint density at radius 3 is 3.00 bits per heavy atom. The molecule has 84 valence electrons. The number of aromatic amines is 1. The monoisotopic (exact) mass is 208 g/mol. The molecule has 4 nitrogen and oxygen atoms in total. The summed E-state index contributed by atoms with van der Waals surface area (Å²) in [6.07, 6.45) is 4.51. The molecule has 2 N–H and O–H groups in total. The van der Waals surface area contributed by atoms with Crippen molar-refractivity contribution in [2.45, 2.75) is 44.9 Å². The van der Waals surface area contributed by atoms with Crippen LogP contribution < -0.4 is 5.32 Å². The van der Waals surface area contributed by atoms with Crippen LogP contribution in [0, 0.1) is 0 Å². The van der Waals surface area contributed by atoms with Gasteiger partial charge in [-0.3, -0.25) is 5.10 Å². The summed E-state index contributed by atoms with van der Waals surface area (Å²) < 4.78 is 0. The highest BCUT2D eigenvalue weighted by Gasteiger charge is 2.32. The molecule has 1 fully saturated rings. The topological polar surface area (TPSA) is 53.6 Å². The number of piperidine rings is 1. The first-order valence-electron chi connectivity index (χ1n) is 5.87. The second kappa shape index (κ2) is 4.31. The van der Waals surface area contributed by atoms with Gasteiger partial charge in [0.2, 0.25) is 0 Å². The predicted molar refractivity (Wildman–Crippen MR) is 59.8 cm³/mol. The number of nitrogens with one attached hydrogen (secondary N) is 2. The van der Waals surface area contributed by atoms with Gasteiger partial charge in [0.1, 0.15) is 5.82 Å². The zero-order chi connectivity index (χ0) is 10.7. The average molecular weight is 208 g/mol. The van der Waals surface area contributed by atoms with E-state index < -0.39 is 0 Å². The maximum absolute atomic E-state index is 4.59. The number of nitrogens with zero attached hydrogens (tertiary/aromatic N) is 2. The van der Waals surface area contributed by atoms with Gasteiger partial charge in [-0.05, 0) is 25.8 Å². The highest BCUT2D eigenvalue weighted by molar-refractivity contribution is 5.09. The summed E-state index contributed by atoms with van der Waals surface area (Å²) in [5, 5.41) is 10.8. The van der Waals surface area contributed by atoms with Gasteiger partial charge in [0, 0.05) is 18.4 Å². The number of hydrogen-bond acceptors (Lipinski definition) is 3. The molecule has 1 saturated heterocycles. The second-order valence-electron chi connectivity index (χ2n) is 4.70. The lowest BCUT2D eigenvalue weighted by molar-refractivity contribution is 0.324. The second-order valence-corrected chi connectivity index (χ2v) is 4.70. The van der Waals surface area contributed by atoms with Crippen LogP contribution in [0.4, 0.5) is 0 Å². The molecule has 15 heavy (non-hydrogen) atoms. The molecular formula is C11H20N4. The highest BCUT2D eigenvalue weighted by atomic mass is 15.2. The number of hydrogen-bond donors (Lipinski definition) is 2. The number of H-pyrrole nitrogens is 1. The van der Waals surface area contributed by atoms with Crippen LogP contribution in [0.3, 0.4) is 0 Å². The van der Waals surface area contributed by atoms with Gasteiger partial charge in [-0.1, -0.05) is 13.8 Å². The van der Waals surface area contributed by atoms with Gasteiger partial charge in [0.15, 0.2) is 5.82 Å². The largest absolute Gasteiger partial charge is 0.316 e. The molecule has 0 saturated carbocycles. The fraction of sp³-hybridized carbons (Fsp3) is 0.818. The predicted octanol–water partition coefficient (Wildman–Crippen LogP) is 1.40. The van der Waals surface area contributed by atoms with E-state index in [4.69, 9.17) is 0 Å². The molecule has 1 aliphatic heterocycles. The van der Waals surface area contributed by atoms with Crippen LogP contribution >= 0.6 is 0 Å². The Hall–Kier alpha value is -0.900. The molecule has 1 aromatic rings. The third kappa shape index (κ3) is 2.20. The van der Waals surface area contributed by atoms with Gasteiger partial charge in [0.25, 0.3) is 0 Å². The summed E-state index contributed by atoms with van der Waals surface area (Å²) in [5.74, 6) is 2.01. The lowest BCUT2D eigenvalue weighted by Gasteiger charge is -2.31. The van der Waals surface area contributed by atoms with E-state index in [1.165, 1.54) is 12.8 Å². The minimum Gasteiger partial charge on any atom is -0.316 e. The van der Waals surface area contributed by atoms with Crippen LogP contribution in [0.15, 0.2) is 0 Å². The van der Waals surface area contributed by atoms with Gasteiger partial charge in [-0.15, -0.1) is 0 Å². The number of rotatable bonds is 3. The molecule has 0 amide bonds. The molecule has 0 aromatic carbocycles. The van der Waals surface area contributed by atoms with Gasteiger partial charge < -0.3 is 5.32 Å². The van der Waals surface area contributed by atoms with Crippen LogP contribution in [0.1, 0.15) is 44.8 Å². The van der Waals surface area contributed by atoms with Crippen LogP contribution in [0.25, 0.3) is 0 Å². The molecule has 2 rings (SSSR count). The van der Waals surface area contributed by atoms with Crippen molar-refractivity contribution in [1.29, 1.82) is 0 Å². The minimum atomic E-state index is 0.126. The van der Waals surface area contributed by atoms with Crippen molar-refractivity contribution in [2.75, 3.05) is 13.1 Å². The van der Waals surface area contributed by atoms with Gasteiger partial charge in [-0.2, -0.15) is 5.10 Å². The summed E-state index contributed by atoms with van der Waals surface area (Å²) in [7, 11) is 0. The summed E-state index contributed by atoms with van der Waals surface area (Å²) in [4.78, 5) is 4.59. The van der Waals surface area contributed by atoms with E-state index in [0.29, 0.717) is 0 Å². The summed E-state index contributed by atoms with van der Waals surface area (Å²) in [6, 6.07) is 0. The Morgan fingerprint density at radius 1 is 1.47 bits per heavy atom. The van der Waals surface area contributed by atoms with Crippen LogP contribution in [0.2, 0.25) is 0 Å². The van der Waals surface area contributed by atoms with Crippen molar-refractivity contribution >= 4 is 0 Å². The highest BCUT2D eigenvalue weighted by Crippen LogP contribution is 2.27. The summed E-state index contributed by atoms with van der Waals surface area (Å²) in [5.41, 5.74) is 0.126. The van der Waals surface area contributed by atoms with Crippen molar-refractivity contribution in [3.63, 3.8) is 0 Å². The van der Waals surface area contributed by atoms with Crippen molar-refractivity contribution < 1.29 is 0 Å². The molecular weight excluding hydrogens is 188 g/mol. The molecule has 0 spiro atoms. The fourth-order valence-electron chi connectivity index (χ4n) is 2.16. The summed E-state index contributed by atoms with van der Waals surface area (Å²) in [6.45, 7) is 6.53. The first kappa shape index (κ1) is 10.6. The average Bonchev–Trinajstić information content (AvgIpc) is 2.69. The van der Waals surface area contributed by atoms with Gasteiger partial charge >= 0.3 is 0 Å². The third-order valence-corrected chi connectivity index (χ3v) is 3.16. The Morgan fingerprint density at radius 2 is 2.33 bits per heavy atom. The summed E-state index contributed by atoms with van der Waals surface area (Å²) >= 11 is 0. The van der Waals surface area contributed by atoms with Crippen molar-refractivity contribution in [3.8, 4) is 0 Å². The third-order valence-electron chi connectivity index (χ3n) is 3.16. The zero-order valence-electron chi connectivity index (χ0n) is 9.64.